The van der Waals surface area contributed by atoms with Crippen molar-refractivity contribution in [3.05, 3.63) is 54.1 Å². The van der Waals surface area contributed by atoms with E-state index >= 15 is 0 Å². The van der Waals surface area contributed by atoms with Crippen molar-refractivity contribution in [3.63, 3.8) is 0 Å². The Balaban J connectivity index is 1.85. The fourth-order valence-corrected chi connectivity index (χ4v) is 2.84. The summed E-state index contributed by atoms with van der Waals surface area (Å²) in [4.78, 5) is 14.6. The van der Waals surface area contributed by atoms with Crippen LogP contribution < -0.4 is 5.32 Å². The molecule has 1 amide bonds. The van der Waals surface area contributed by atoms with E-state index in [2.05, 4.69) is 10.4 Å². The zero-order chi connectivity index (χ0) is 15.5. The molecule has 116 valence electrons. The maximum absolute atomic E-state index is 13.5. The first-order chi connectivity index (χ1) is 10.7. The molecular weight excluding hydrogens is 283 g/mol. The van der Waals surface area contributed by atoms with Gasteiger partial charge in [0.15, 0.2) is 0 Å². The van der Waals surface area contributed by atoms with Crippen LogP contribution >= 0.6 is 0 Å². The second kappa shape index (κ2) is 6.27. The van der Waals surface area contributed by atoms with E-state index in [1.54, 1.807) is 29.2 Å². The molecule has 0 bridgehead atoms. The summed E-state index contributed by atoms with van der Waals surface area (Å²) in [6.07, 6.45) is 3.44. The molecular formula is C16H19FN4O. The molecule has 1 fully saturated rings. The zero-order valence-electron chi connectivity index (χ0n) is 12.4. The molecule has 2 unspecified atom stereocenters. The van der Waals surface area contributed by atoms with Crippen molar-refractivity contribution in [3.8, 4) is 0 Å². The van der Waals surface area contributed by atoms with Crippen LogP contribution in [0.25, 0.3) is 0 Å². The van der Waals surface area contributed by atoms with Crippen molar-refractivity contribution >= 4 is 5.91 Å². The monoisotopic (exact) mass is 302 g/mol. The van der Waals surface area contributed by atoms with E-state index < -0.39 is 0 Å². The van der Waals surface area contributed by atoms with Gasteiger partial charge in [-0.25, -0.2) is 4.39 Å². The fourth-order valence-electron chi connectivity index (χ4n) is 2.84. The number of hydrogen-bond acceptors (Lipinski definition) is 3. The Kier molecular flexibility index (Phi) is 4.20. The summed E-state index contributed by atoms with van der Waals surface area (Å²) in [6, 6.07) is 7.72. The summed E-state index contributed by atoms with van der Waals surface area (Å²) in [5.74, 6) is -0.282. The van der Waals surface area contributed by atoms with E-state index in [1.807, 2.05) is 17.9 Å². The number of aromatic nitrogens is 2. The molecule has 0 spiro atoms. The molecule has 2 heterocycles. The lowest BCUT2D eigenvalue weighted by molar-refractivity contribution is -0.138. The van der Waals surface area contributed by atoms with E-state index in [0.717, 1.165) is 12.1 Å². The van der Waals surface area contributed by atoms with Gasteiger partial charge in [0.25, 0.3) is 0 Å². The highest BCUT2D eigenvalue weighted by Crippen LogP contribution is 2.25. The first-order valence-electron chi connectivity index (χ1n) is 7.42. The third-order valence-electron chi connectivity index (χ3n) is 4.04. The number of nitrogens with zero attached hydrogens (tertiary/aromatic N) is 3. The summed E-state index contributed by atoms with van der Waals surface area (Å²) in [5.41, 5.74) is 0.813. The minimum atomic E-state index is -0.371. The average molecular weight is 302 g/mol. The number of halogens is 1. The number of carbonyl (C=O) groups is 1. The van der Waals surface area contributed by atoms with Gasteiger partial charge in [0.1, 0.15) is 11.9 Å². The van der Waals surface area contributed by atoms with E-state index in [9.17, 15) is 9.18 Å². The van der Waals surface area contributed by atoms with Crippen LogP contribution in [0.2, 0.25) is 0 Å². The zero-order valence-corrected chi connectivity index (χ0v) is 12.4. The second-order valence-electron chi connectivity index (χ2n) is 5.47. The summed E-state index contributed by atoms with van der Waals surface area (Å²) in [6.45, 7) is 3.80. The Hall–Kier alpha value is -2.21. The maximum Gasteiger partial charge on any atom is 0.247 e. The number of benzene rings is 1. The smallest absolute Gasteiger partial charge is 0.247 e. The molecule has 1 N–H and O–H groups in total. The molecule has 1 saturated heterocycles. The molecule has 1 aliphatic heterocycles. The van der Waals surface area contributed by atoms with Gasteiger partial charge in [0.2, 0.25) is 5.91 Å². The van der Waals surface area contributed by atoms with Crippen molar-refractivity contribution in [2.24, 2.45) is 0 Å². The summed E-state index contributed by atoms with van der Waals surface area (Å²) in [5, 5.41) is 7.41. The highest BCUT2D eigenvalue weighted by atomic mass is 19.1. The summed E-state index contributed by atoms with van der Waals surface area (Å²) >= 11 is 0. The highest BCUT2D eigenvalue weighted by Gasteiger charge is 2.31. The van der Waals surface area contributed by atoms with E-state index in [1.165, 1.54) is 12.1 Å². The molecule has 0 radical (unpaired) electrons. The minimum Gasteiger partial charge on any atom is -0.331 e. The van der Waals surface area contributed by atoms with Gasteiger partial charge < -0.3 is 10.2 Å². The maximum atomic E-state index is 13.5. The molecule has 2 atom stereocenters. The Morgan fingerprint density at radius 1 is 1.45 bits per heavy atom. The van der Waals surface area contributed by atoms with Gasteiger partial charge in [0.05, 0.1) is 6.04 Å². The predicted molar refractivity (Wildman–Crippen MR) is 80.7 cm³/mol. The Labute approximate surface area is 128 Å². The van der Waals surface area contributed by atoms with Crippen LogP contribution in [-0.4, -0.2) is 40.2 Å². The normalized spacial score (nSPS) is 19.9. The number of piperazine rings is 1. The Morgan fingerprint density at radius 2 is 2.32 bits per heavy atom. The highest BCUT2D eigenvalue weighted by molar-refractivity contribution is 5.80. The molecule has 3 rings (SSSR count). The van der Waals surface area contributed by atoms with Crippen LogP contribution in [0.4, 0.5) is 4.39 Å². The summed E-state index contributed by atoms with van der Waals surface area (Å²) < 4.78 is 15.1. The number of rotatable bonds is 3. The van der Waals surface area contributed by atoms with Crippen LogP contribution in [-0.2, 0) is 4.79 Å². The molecule has 1 aromatic carbocycles. The van der Waals surface area contributed by atoms with Crippen LogP contribution in [0.3, 0.4) is 0 Å². The first kappa shape index (κ1) is 14.7. The Bertz CT molecular complexity index is 643. The van der Waals surface area contributed by atoms with Crippen molar-refractivity contribution in [2.75, 3.05) is 19.6 Å². The molecule has 0 saturated carbocycles. The second-order valence-corrected chi connectivity index (χ2v) is 5.47. The van der Waals surface area contributed by atoms with Gasteiger partial charge >= 0.3 is 0 Å². The lowest BCUT2D eigenvalue weighted by Gasteiger charge is -2.38. The number of nitrogens with one attached hydrogen (secondary N) is 1. The number of hydrogen-bond donors (Lipinski definition) is 1. The standard InChI is InChI=1S/C16H19FN4O/c1-12(21-8-3-6-19-21)16(22)20-9-7-18-11-15(20)13-4-2-5-14(17)10-13/h2-6,8,10,12,15,18H,7,9,11H2,1H3. The van der Waals surface area contributed by atoms with Crippen LogP contribution in [0.5, 0.6) is 0 Å². The lowest BCUT2D eigenvalue weighted by Crippen LogP contribution is -2.50. The van der Waals surface area contributed by atoms with E-state index in [-0.39, 0.29) is 23.8 Å². The van der Waals surface area contributed by atoms with Gasteiger partial charge in [0, 0.05) is 32.0 Å². The van der Waals surface area contributed by atoms with Gasteiger partial charge in [-0.3, -0.25) is 9.48 Å². The predicted octanol–water partition coefficient (Wildman–Crippen LogP) is 1.76. The van der Waals surface area contributed by atoms with Gasteiger partial charge in [-0.15, -0.1) is 0 Å². The van der Waals surface area contributed by atoms with E-state index in [4.69, 9.17) is 0 Å². The largest absolute Gasteiger partial charge is 0.331 e. The molecule has 0 aliphatic carbocycles. The molecule has 6 heteroatoms. The van der Waals surface area contributed by atoms with Crippen molar-refractivity contribution in [1.82, 2.24) is 20.0 Å². The van der Waals surface area contributed by atoms with Crippen molar-refractivity contribution < 1.29 is 9.18 Å². The Morgan fingerprint density at radius 3 is 3.05 bits per heavy atom. The van der Waals surface area contributed by atoms with Crippen LogP contribution in [0.1, 0.15) is 24.6 Å². The molecule has 5 nitrogen and oxygen atoms in total. The van der Waals surface area contributed by atoms with Crippen LogP contribution in [0, 0.1) is 5.82 Å². The van der Waals surface area contributed by atoms with Crippen LogP contribution in [0.15, 0.2) is 42.7 Å². The molecule has 1 aliphatic rings. The number of amides is 1. The third kappa shape index (κ3) is 2.87. The topological polar surface area (TPSA) is 50.2 Å². The van der Waals surface area contributed by atoms with Gasteiger partial charge in [-0.2, -0.15) is 5.10 Å². The minimum absolute atomic E-state index is 0.000499. The first-order valence-corrected chi connectivity index (χ1v) is 7.42. The summed E-state index contributed by atoms with van der Waals surface area (Å²) in [7, 11) is 0. The molecule has 1 aromatic heterocycles. The van der Waals surface area contributed by atoms with Gasteiger partial charge in [-0.1, -0.05) is 12.1 Å². The quantitative estimate of drug-likeness (QED) is 0.940. The van der Waals surface area contributed by atoms with Crippen molar-refractivity contribution in [1.29, 1.82) is 0 Å². The molecule has 2 aromatic rings. The third-order valence-corrected chi connectivity index (χ3v) is 4.04. The van der Waals surface area contributed by atoms with Gasteiger partial charge in [-0.05, 0) is 30.7 Å². The van der Waals surface area contributed by atoms with Crippen molar-refractivity contribution in [2.45, 2.75) is 19.0 Å². The fraction of sp³-hybridized carbons (Fsp3) is 0.375. The average Bonchev–Trinajstić information content (AvgIpc) is 3.08. The number of carbonyl (C=O) groups excluding carboxylic acids is 1. The lowest BCUT2D eigenvalue weighted by atomic mass is 10.0. The molecule has 22 heavy (non-hydrogen) atoms. The van der Waals surface area contributed by atoms with E-state index in [0.29, 0.717) is 13.1 Å². The SMILES string of the molecule is CC(C(=O)N1CCNCC1c1cccc(F)c1)n1cccn1.